The number of hydrogen-bond acceptors (Lipinski definition) is 7. The highest BCUT2D eigenvalue weighted by Gasteiger charge is 2.42. The topological polar surface area (TPSA) is 109 Å². The second-order valence-electron chi connectivity index (χ2n) is 12.9. The summed E-state index contributed by atoms with van der Waals surface area (Å²) in [7, 11) is -7.21. The lowest BCUT2D eigenvalue weighted by Gasteiger charge is -2.29. The molecule has 264 valence electrons. The molecule has 0 amide bonds. The highest BCUT2D eigenvalue weighted by molar-refractivity contribution is 7.95. The molecule has 4 aliphatic heterocycles. The van der Waals surface area contributed by atoms with E-state index in [4.69, 9.17) is 0 Å². The summed E-state index contributed by atoms with van der Waals surface area (Å²) in [4.78, 5) is 2.31. The molecular weight excluding hydrogens is 671 g/mol. The van der Waals surface area contributed by atoms with Crippen molar-refractivity contribution in [2.75, 3.05) is 76.1 Å². The van der Waals surface area contributed by atoms with Crippen LogP contribution in [0.3, 0.4) is 0 Å². The molecule has 2 N–H and O–H groups in total. The lowest BCUT2D eigenvalue weighted by atomic mass is 9.95. The third-order valence-corrected chi connectivity index (χ3v) is 13.4. The molecule has 0 aliphatic carbocycles. The van der Waals surface area contributed by atoms with Crippen molar-refractivity contribution < 1.29 is 16.8 Å². The van der Waals surface area contributed by atoms with Gasteiger partial charge in [0.1, 0.15) is 0 Å². The van der Waals surface area contributed by atoms with Gasteiger partial charge in [0.05, 0.1) is 34.1 Å². The molecule has 4 aliphatic rings. The van der Waals surface area contributed by atoms with E-state index in [0.29, 0.717) is 36.1 Å². The van der Waals surface area contributed by atoms with Gasteiger partial charge in [-0.25, -0.2) is 12.9 Å². The summed E-state index contributed by atoms with van der Waals surface area (Å²) in [6.07, 6.45) is 3.15. The molecule has 4 heterocycles. The summed E-state index contributed by atoms with van der Waals surface area (Å²) in [5.41, 5.74) is 4.33. The van der Waals surface area contributed by atoms with Crippen LogP contribution in [0.25, 0.3) is 0 Å². The van der Waals surface area contributed by atoms with E-state index < -0.39 is 20.4 Å². The number of nitrogens with zero attached hydrogens (tertiary/aromatic N) is 5. The van der Waals surface area contributed by atoms with Crippen LogP contribution in [0.2, 0.25) is 0 Å². The van der Waals surface area contributed by atoms with E-state index in [2.05, 4.69) is 15.5 Å². The molecule has 13 heteroatoms. The maximum atomic E-state index is 13.3. The van der Waals surface area contributed by atoms with Crippen molar-refractivity contribution in [3.63, 3.8) is 0 Å². The molecule has 0 radical (unpaired) electrons. The van der Waals surface area contributed by atoms with Crippen LogP contribution in [0.4, 0.5) is 34.1 Å². The van der Waals surface area contributed by atoms with Crippen LogP contribution in [0.5, 0.6) is 0 Å². The Hall–Kier alpha value is -4.14. The van der Waals surface area contributed by atoms with E-state index >= 15 is 0 Å². The quantitative estimate of drug-likeness (QED) is 0.262. The second kappa shape index (κ2) is 15.0. The summed E-state index contributed by atoms with van der Waals surface area (Å²) < 4.78 is 59.0. The average molecular weight is 716 g/mol. The maximum Gasteiger partial charge on any atom is 0.331 e. The Kier molecular flexibility index (Phi) is 10.3. The van der Waals surface area contributed by atoms with E-state index in [0.717, 1.165) is 82.1 Å². The molecule has 0 atom stereocenters. The molecule has 8 rings (SSSR count). The Morgan fingerprint density at radius 2 is 0.920 bits per heavy atom. The normalized spacial score (nSPS) is 19.8. The van der Waals surface area contributed by atoms with Gasteiger partial charge in [0, 0.05) is 45.8 Å². The SMILES string of the molecule is O=S1(=O)N(CCC2CCNCC2)c2ccccc2N1c1ccccc1.O=S1(=O)N(CCN2CCNCC2)c2ccccc2N1c1ccccc1. The van der Waals surface area contributed by atoms with Crippen LogP contribution in [0, 0.1) is 5.92 Å². The van der Waals surface area contributed by atoms with Gasteiger partial charge in [-0.15, -0.1) is 0 Å². The number of piperidine rings is 1. The molecule has 4 aromatic rings. The summed E-state index contributed by atoms with van der Waals surface area (Å²) in [5.74, 6) is 0.592. The molecule has 2 fully saturated rings. The first kappa shape index (κ1) is 34.3. The van der Waals surface area contributed by atoms with Gasteiger partial charge >= 0.3 is 20.4 Å². The largest absolute Gasteiger partial charge is 0.331 e. The fourth-order valence-corrected chi connectivity index (χ4v) is 10.6. The first-order chi connectivity index (χ1) is 24.4. The minimum atomic E-state index is -3.62. The Balaban J connectivity index is 0.000000157. The number of fused-ring (bicyclic) bond motifs is 2. The summed E-state index contributed by atoms with van der Waals surface area (Å²) in [6, 6.07) is 33.7. The molecule has 0 bridgehead atoms. The van der Waals surface area contributed by atoms with Crippen LogP contribution in [0.1, 0.15) is 19.3 Å². The molecule has 11 nitrogen and oxygen atoms in total. The number of benzene rings is 4. The molecule has 2 saturated heterocycles. The molecule has 0 aromatic heterocycles. The van der Waals surface area contributed by atoms with Gasteiger partial charge in [-0.1, -0.05) is 60.7 Å². The van der Waals surface area contributed by atoms with E-state index in [1.165, 1.54) is 12.9 Å². The van der Waals surface area contributed by atoms with E-state index in [1.807, 2.05) is 109 Å². The summed E-state index contributed by atoms with van der Waals surface area (Å²) >= 11 is 0. The van der Waals surface area contributed by atoms with Crippen LogP contribution in [-0.2, 0) is 20.4 Å². The Morgan fingerprint density at radius 3 is 1.42 bits per heavy atom. The highest BCUT2D eigenvalue weighted by atomic mass is 32.2. The lowest BCUT2D eigenvalue weighted by Crippen LogP contribution is -2.47. The number of piperazine rings is 1. The third-order valence-electron chi connectivity index (χ3n) is 9.77. The summed E-state index contributed by atoms with van der Waals surface area (Å²) in [5, 5.41) is 6.68. The molecular formula is C37H45N7O4S2. The van der Waals surface area contributed by atoms with Crippen LogP contribution in [0.15, 0.2) is 109 Å². The van der Waals surface area contributed by atoms with Crippen molar-refractivity contribution in [1.29, 1.82) is 0 Å². The summed E-state index contributed by atoms with van der Waals surface area (Å²) in [6.45, 7) is 7.62. The zero-order valence-electron chi connectivity index (χ0n) is 28.1. The fourth-order valence-electron chi connectivity index (χ4n) is 7.17. The number of anilines is 6. The molecule has 4 aromatic carbocycles. The van der Waals surface area contributed by atoms with Crippen molar-refractivity contribution in [1.82, 2.24) is 15.5 Å². The number of hydrogen-bond donors (Lipinski definition) is 2. The van der Waals surface area contributed by atoms with E-state index in [-0.39, 0.29) is 0 Å². The van der Waals surface area contributed by atoms with Crippen molar-refractivity contribution in [2.45, 2.75) is 19.3 Å². The molecule has 0 saturated carbocycles. The lowest BCUT2D eigenvalue weighted by molar-refractivity contribution is 0.248. The van der Waals surface area contributed by atoms with Crippen LogP contribution in [-0.4, -0.2) is 80.6 Å². The first-order valence-electron chi connectivity index (χ1n) is 17.4. The average Bonchev–Trinajstić information content (AvgIpc) is 3.52. The number of nitrogens with one attached hydrogen (secondary N) is 2. The van der Waals surface area contributed by atoms with Crippen LogP contribution < -0.4 is 27.9 Å². The zero-order chi connectivity index (χ0) is 34.6. The van der Waals surface area contributed by atoms with Crippen LogP contribution >= 0.6 is 0 Å². The van der Waals surface area contributed by atoms with Crippen molar-refractivity contribution in [2.24, 2.45) is 5.92 Å². The van der Waals surface area contributed by atoms with Gasteiger partial charge in [0.25, 0.3) is 0 Å². The first-order valence-corrected chi connectivity index (χ1v) is 20.2. The van der Waals surface area contributed by atoms with Gasteiger partial charge in [-0.3, -0.25) is 9.21 Å². The standard InChI is InChI=1S/C19H23N3O2S.C18H22N4O2S/c23-25(24)21(15-12-16-10-13-20-14-11-16)18-8-4-5-9-19(18)22(25)17-6-2-1-3-7-17;23-25(24)21(15-14-20-12-10-19-11-13-20)17-8-4-5-9-18(17)22(25)16-6-2-1-3-7-16/h1-9,16,20H,10-15H2;1-9,19H,10-15H2. The fraction of sp³-hybridized carbons (Fsp3) is 0.351. The van der Waals surface area contributed by atoms with Crippen molar-refractivity contribution >= 4 is 54.5 Å². The monoisotopic (exact) mass is 715 g/mol. The van der Waals surface area contributed by atoms with Gasteiger partial charge in [0.15, 0.2) is 0 Å². The van der Waals surface area contributed by atoms with Crippen molar-refractivity contribution in [3.8, 4) is 0 Å². The Morgan fingerprint density at radius 1 is 0.500 bits per heavy atom. The predicted molar refractivity (Wildman–Crippen MR) is 202 cm³/mol. The van der Waals surface area contributed by atoms with Gasteiger partial charge in [0.2, 0.25) is 0 Å². The van der Waals surface area contributed by atoms with E-state index in [1.54, 1.807) is 4.31 Å². The molecule has 0 unspecified atom stereocenters. The Bertz CT molecular complexity index is 1810. The zero-order valence-corrected chi connectivity index (χ0v) is 29.8. The number of rotatable bonds is 8. The van der Waals surface area contributed by atoms with Gasteiger partial charge in [-0.05, 0) is 86.8 Å². The van der Waals surface area contributed by atoms with Crippen molar-refractivity contribution in [3.05, 3.63) is 109 Å². The second-order valence-corrected chi connectivity index (χ2v) is 16.3. The predicted octanol–water partition coefficient (Wildman–Crippen LogP) is 5.07. The smallest absolute Gasteiger partial charge is 0.317 e. The highest BCUT2D eigenvalue weighted by Crippen LogP contribution is 2.46. The van der Waals surface area contributed by atoms with E-state index in [9.17, 15) is 16.8 Å². The van der Waals surface area contributed by atoms with Gasteiger partial charge < -0.3 is 10.6 Å². The minimum absolute atomic E-state index is 0.461. The van der Waals surface area contributed by atoms with Gasteiger partial charge in [-0.2, -0.15) is 16.8 Å². The third kappa shape index (κ3) is 6.93. The number of para-hydroxylation sites is 6. The Labute approximate surface area is 296 Å². The molecule has 0 spiro atoms. The minimum Gasteiger partial charge on any atom is -0.317 e. The molecule has 50 heavy (non-hydrogen) atoms. The maximum absolute atomic E-state index is 13.3.